The lowest BCUT2D eigenvalue weighted by molar-refractivity contribution is -0.122. The number of nitrogens with one attached hydrogen (secondary N) is 1. The Morgan fingerprint density at radius 3 is 2.81 bits per heavy atom. The topological polar surface area (TPSA) is 96.9 Å². The first-order valence-corrected chi connectivity index (χ1v) is 5.51. The molecule has 0 saturated heterocycles. The van der Waals surface area contributed by atoms with Crippen LogP contribution in [0.2, 0.25) is 0 Å². The van der Waals surface area contributed by atoms with Gasteiger partial charge >= 0.3 is 0 Å². The van der Waals surface area contributed by atoms with Gasteiger partial charge in [0.1, 0.15) is 5.84 Å². The molecule has 4 N–H and O–H groups in total. The third-order valence-corrected chi connectivity index (χ3v) is 1.88. The maximum Gasteiger partial charge on any atom is 0.222 e. The minimum Gasteiger partial charge on any atom is -0.409 e. The van der Waals surface area contributed by atoms with Crippen LogP contribution in [-0.2, 0) is 9.53 Å². The molecule has 0 aliphatic carbocycles. The maximum atomic E-state index is 11.2. The van der Waals surface area contributed by atoms with Gasteiger partial charge in [0.2, 0.25) is 5.91 Å². The summed E-state index contributed by atoms with van der Waals surface area (Å²) in [5.41, 5.74) is 5.27. The van der Waals surface area contributed by atoms with E-state index < -0.39 is 0 Å². The Morgan fingerprint density at radius 1 is 1.44 bits per heavy atom. The van der Waals surface area contributed by atoms with Crippen molar-refractivity contribution in [3.63, 3.8) is 0 Å². The second-order valence-electron chi connectivity index (χ2n) is 3.41. The first-order valence-electron chi connectivity index (χ1n) is 5.51. The SMILES string of the molecule is CCCOCCC(=O)NCCCC(N)=NO. The summed E-state index contributed by atoms with van der Waals surface area (Å²) in [6.45, 7) is 3.70. The highest BCUT2D eigenvalue weighted by Crippen LogP contribution is 1.89. The minimum absolute atomic E-state index is 0.0318. The van der Waals surface area contributed by atoms with Gasteiger partial charge in [-0.05, 0) is 12.8 Å². The molecule has 0 aromatic heterocycles. The van der Waals surface area contributed by atoms with Gasteiger partial charge in [0.15, 0.2) is 0 Å². The predicted octanol–water partition coefficient (Wildman–Crippen LogP) is 0.446. The molecule has 0 atom stereocenters. The van der Waals surface area contributed by atoms with Crippen molar-refractivity contribution < 1.29 is 14.7 Å². The van der Waals surface area contributed by atoms with Crippen molar-refractivity contribution in [2.24, 2.45) is 10.9 Å². The van der Waals surface area contributed by atoms with Crippen molar-refractivity contribution in [1.29, 1.82) is 0 Å². The largest absolute Gasteiger partial charge is 0.409 e. The Balaban J connectivity index is 3.30. The summed E-state index contributed by atoms with van der Waals surface area (Å²) in [6.07, 6.45) is 2.48. The number of hydrogen-bond donors (Lipinski definition) is 3. The quantitative estimate of drug-likeness (QED) is 0.176. The van der Waals surface area contributed by atoms with Crippen LogP contribution in [0.4, 0.5) is 0 Å². The summed E-state index contributed by atoms with van der Waals surface area (Å²) < 4.78 is 5.18. The van der Waals surface area contributed by atoms with E-state index in [0.717, 1.165) is 6.42 Å². The van der Waals surface area contributed by atoms with Gasteiger partial charge in [0.25, 0.3) is 0 Å². The molecule has 0 fully saturated rings. The highest BCUT2D eigenvalue weighted by Gasteiger charge is 2.00. The van der Waals surface area contributed by atoms with Gasteiger partial charge in [0.05, 0.1) is 6.61 Å². The van der Waals surface area contributed by atoms with Crippen molar-refractivity contribution >= 4 is 11.7 Å². The lowest BCUT2D eigenvalue weighted by Crippen LogP contribution is -2.26. The Hall–Kier alpha value is -1.30. The van der Waals surface area contributed by atoms with E-state index in [1.807, 2.05) is 6.92 Å². The minimum atomic E-state index is -0.0318. The highest BCUT2D eigenvalue weighted by molar-refractivity contribution is 5.79. The first-order chi connectivity index (χ1) is 7.70. The Bertz CT molecular complexity index is 219. The molecule has 0 unspecified atom stereocenters. The summed E-state index contributed by atoms with van der Waals surface area (Å²) in [4.78, 5) is 11.2. The predicted molar refractivity (Wildman–Crippen MR) is 61.4 cm³/mol. The van der Waals surface area contributed by atoms with Crippen LogP contribution in [0, 0.1) is 0 Å². The molecule has 6 nitrogen and oxygen atoms in total. The normalized spacial score (nSPS) is 11.4. The Kier molecular flexibility index (Phi) is 9.39. The Morgan fingerprint density at radius 2 is 2.19 bits per heavy atom. The average Bonchev–Trinajstić information content (AvgIpc) is 2.30. The molecule has 16 heavy (non-hydrogen) atoms. The van der Waals surface area contributed by atoms with Gasteiger partial charge in [0, 0.05) is 26.0 Å². The molecule has 0 aliphatic rings. The van der Waals surface area contributed by atoms with Gasteiger partial charge in [-0.2, -0.15) is 0 Å². The lowest BCUT2D eigenvalue weighted by atomic mass is 10.3. The molecule has 94 valence electrons. The van der Waals surface area contributed by atoms with Crippen LogP contribution in [-0.4, -0.2) is 36.7 Å². The highest BCUT2D eigenvalue weighted by atomic mass is 16.5. The van der Waals surface area contributed by atoms with E-state index in [9.17, 15) is 4.79 Å². The molecule has 0 saturated carbocycles. The molecule has 0 aromatic carbocycles. The van der Waals surface area contributed by atoms with Crippen molar-refractivity contribution in [3.8, 4) is 0 Å². The molecule has 0 aromatic rings. The van der Waals surface area contributed by atoms with Crippen LogP contribution in [0.25, 0.3) is 0 Å². The van der Waals surface area contributed by atoms with Crippen molar-refractivity contribution in [1.82, 2.24) is 5.32 Å². The third-order valence-electron chi connectivity index (χ3n) is 1.88. The summed E-state index contributed by atoms with van der Waals surface area (Å²) in [7, 11) is 0. The van der Waals surface area contributed by atoms with Gasteiger partial charge in [-0.3, -0.25) is 4.79 Å². The molecular formula is C10H21N3O3. The monoisotopic (exact) mass is 231 g/mol. The number of nitrogens with zero attached hydrogens (tertiary/aromatic N) is 1. The number of oxime groups is 1. The molecule has 0 aliphatic heterocycles. The van der Waals surface area contributed by atoms with E-state index in [1.54, 1.807) is 0 Å². The zero-order valence-electron chi connectivity index (χ0n) is 9.74. The van der Waals surface area contributed by atoms with E-state index in [4.69, 9.17) is 15.7 Å². The number of ether oxygens (including phenoxy) is 1. The molecular weight excluding hydrogens is 210 g/mol. The second kappa shape index (κ2) is 10.2. The van der Waals surface area contributed by atoms with E-state index >= 15 is 0 Å². The van der Waals surface area contributed by atoms with Crippen LogP contribution in [0.5, 0.6) is 0 Å². The zero-order valence-corrected chi connectivity index (χ0v) is 9.74. The molecule has 0 heterocycles. The van der Waals surface area contributed by atoms with Gasteiger partial charge in [-0.1, -0.05) is 12.1 Å². The molecule has 6 heteroatoms. The fourth-order valence-corrected chi connectivity index (χ4v) is 1.05. The van der Waals surface area contributed by atoms with Gasteiger partial charge < -0.3 is 21.0 Å². The molecule has 0 radical (unpaired) electrons. The van der Waals surface area contributed by atoms with Crippen molar-refractivity contribution in [3.05, 3.63) is 0 Å². The van der Waals surface area contributed by atoms with Crippen LogP contribution in [0.1, 0.15) is 32.6 Å². The summed E-state index contributed by atoms with van der Waals surface area (Å²) >= 11 is 0. The number of rotatable bonds is 9. The average molecular weight is 231 g/mol. The second-order valence-corrected chi connectivity index (χ2v) is 3.41. The van der Waals surface area contributed by atoms with E-state index in [-0.39, 0.29) is 11.7 Å². The summed E-state index contributed by atoms with van der Waals surface area (Å²) in [6, 6.07) is 0. The van der Waals surface area contributed by atoms with E-state index in [2.05, 4.69) is 10.5 Å². The summed E-state index contributed by atoms with van der Waals surface area (Å²) in [5.74, 6) is 0.149. The van der Waals surface area contributed by atoms with Crippen molar-refractivity contribution in [2.45, 2.75) is 32.6 Å². The third kappa shape index (κ3) is 9.26. The summed E-state index contributed by atoms with van der Waals surface area (Å²) in [5, 5.41) is 13.8. The number of amides is 1. The number of amidine groups is 1. The van der Waals surface area contributed by atoms with E-state index in [0.29, 0.717) is 39.0 Å². The Labute approximate surface area is 95.8 Å². The molecule has 0 bridgehead atoms. The molecule has 1 amide bonds. The smallest absolute Gasteiger partial charge is 0.222 e. The first kappa shape index (κ1) is 14.7. The fraction of sp³-hybridized carbons (Fsp3) is 0.800. The van der Waals surface area contributed by atoms with Gasteiger partial charge in [-0.25, -0.2) is 0 Å². The van der Waals surface area contributed by atoms with Crippen molar-refractivity contribution in [2.75, 3.05) is 19.8 Å². The van der Waals surface area contributed by atoms with Crippen LogP contribution in [0.15, 0.2) is 5.16 Å². The zero-order chi connectivity index (χ0) is 12.2. The maximum absolute atomic E-state index is 11.2. The number of nitrogens with two attached hydrogens (primary N) is 1. The van der Waals surface area contributed by atoms with Crippen LogP contribution >= 0.6 is 0 Å². The number of carbonyl (C=O) groups is 1. The number of hydrogen-bond acceptors (Lipinski definition) is 4. The molecule has 0 rings (SSSR count). The fourth-order valence-electron chi connectivity index (χ4n) is 1.05. The molecule has 0 spiro atoms. The van der Waals surface area contributed by atoms with E-state index in [1.165, 1.54) is 0 Å². The van der Waals surface area contributed by atoms with Gasteiger partial charge in [-0.15, -0.1) is 0 Å². The lowest BCUT2D eigenvalue weighted by Gasteiger charge is -2.05. The van der Waals surface area contributed by atoms with Crippen LogP contribution < -0.4 is 11.1 Å². The standard InChI is InChI=1S/C10H21N3O3/c1-2-7-16-8-5-10(14)12-6-3-4-9(11)13-15/h15H,2-8H2,1H3,(H2,11,13)(H,12,14). The number of carbonyl (C=O) groups excluding carboxylic acids is 1. The van der Waals surface area contributed by atoms with Crippen LogP contribution in [0.3, 0.4) is 0 Å².